The van der Waals surface area contributed by atoms with Gasteiger partial charge in [-0.05, 0) is 49.7 Å². The molecule has 3 heterocycles. The average Bonchev–Trinajstić information content (AvgIpc) is 3.09. The van der Waals surface area contributed by atoms with Gasteiger partial charge in [-0.25, -0.2) is 4.68 Å². The van der Waals surface area contributed by atoms with E-state index in [-0.39, 0.29) is 5.56 Å². The lowest BCUT2D eigenvalue weighted by Gasteiger charge is -2.36. The molecule has 2 aromatic carbocycles. The van der Waals surface area contributed by atoms with Gasteiger partial charge >= 0.3 is 0 Å². The molecule has 0 unspecified atom stereocenters. The fraction of sp³-hybridized carbons (Fsp3) is 0.543. The van der Waals surface area contributed by atoms with Crippen LogP contribution in [0.15, 0.2) is 65.5 Å². The fourth-order valence-corrected chi connectivity index (χ4v) is 6.22. The quantitative estimate of drug-likeness (QED) is 0.219. The minimum Gasteiger partial charge on any atom is -0.495 e. The Balaban J connectivity index is 0.944. The molecule has 0 radical (unpaired) electrons. The number of aryl methyl sites for hydroxylation is 1. The second-order valence-electron chi connectivity index (χ2n) is 11.8. The number of unbranched alkanes of at least 4 members (excludes halogenated alkanes) is 4. The maximum atomic E-state index is 12.5. The predicted molar refractivity (Wildman–Crippen MR) is 180 cm³/mol. The van der Waals surface area contributed by atoms with E-state index in [0.29, 0.717) is 13.2 Å². The van der Waals surface area contributed by atoms with Gasteiger partial charge in [-0.1, -0.05) is 43.5 Å². The number of benzene rings is 2. The smallest absolute Gasteiger partial charge is 0.266 e. The summed E-state index contributed by atoms with van der Waals surface area (Å²) in [5, 5.41) is 4.73. The first-order valence-corrected chi connectivity index (χ1v) is 16.6. The number of piperazine rings is 2. The van der Waals surface area contributed by atoms with Gasteiger partial charge < -0.3 is 24.0 Å². The molecule has 244 valence electrons. The van der Waals surface area contributed by atoms with E-state index >= 15 is 0 Å². The molecule has 5 rings (SSSR count). The Morgan fingerprint density at radius 2 is 1.18 bits per heavy atom. The van der Waals surface area contributed by atoms with Crippen molar-refractivity contribution < 1.29 is 14.2 Å². The van der Waals surface area contributed by atoms with Crippen LogP contribution in [0, 0.1) is 0 Å². The summed E-state index contributed by atoms with van der Waals surface area (Å²) >= 11 is 0. The largest absolute Gasteiger partial charge is 0.495 e. The molecule has 1 aromatic heterocycles. The molecule has 45 heavy (non-hydrogen) atoms. The number of hydrogen-bond acceptors (Lipinski definition) is 9. The Hall–Kier alpha value is -3.76. The molecule has 0 atom stereocenters. The minimum atomic E-state index is -0.0156. The van der Waals surface area contributed by atoms with Crippen molar-refractivity contribution in [2.24, 2.45) is 0 Å². The van der Waals surface area contributed by atoms with E-state index in [4.69, 9.17) is 19.3 Å². The third-order valence-electron chi connectivity index (χ3n) is 8.93. The second kappa shape index (κ2) is 17.1. The molecular formula is C35H50N6O4. The highest BCUT2D eigenvalue weighted by molar-refractivity contribution is 5.58. The summed E-state index contributed by atoms with van der Waals surface area (Å²) in [6.07, 6.45) is 5.74. The number of methoxy groups -OCH3 is 2. The Morgan fingerprint density at radius 3 is 1.89 bits per heavy atom. The molecule has 10 heteroatoms. The molecule has 0 spiro atoms. The highest BCUT2D eigenvalue weighted by atomic mass is 16.5. The van der Waals surface area contributed by atoms with Crippen LogP contribution in [0.25, 0.3) is 0 Å². The van der Waals surface area contributed by atoms with Gasteiger partial charge in [0.2, 0.25) is 0 Å². The lowest BCUT2D eigenvalue weighted by Crippen LogP contribution is -2.48. The highest BCUT2D eigenvalue weighted by Gasteiger charge is 2.20. The number of rotatable bonds is 16. The SMILES string of the molecule is COc1ccccc1OCCN1CCN(c2ccc(=O)n(CCCCCCCN3CCN(c4ccccc4OC)CC3)n2)CC1. The molecule has 0 saturated carbocycles. The van der Waals surface area contributed by atoms with E-state index in [2.05, 4.69) is 31.7 Å². The highest BCUT2D eigenvalue weighted by Crippen LogP contribution is 2.28. The molecular weight excluding hydrogens is 568 g/mol. The zero-order valence-electron chi connectivity index (χ0n) is 27.1. The number of anilines is 2. The van der Waals surface area contributed by atoms with Crippen LogP contribution in [0.1, 0.15) is 32.1 Å². The van der Waals surface area contributed by atoms with E-state index < -0.39 is 0 Å². The molecule has 3 aromatic rings. The van der Waals surface area contributed by atoms with Crippen LogP contribution < -0.4 is 29.6 Å². The van der Waals surface area contributed by atoms with E-state index in [1.54, 1.807) is 25.0 Å². The van der Waals surface area contributed by atoms with Crippen LogP contribution in [-0.4, -0.2) is 106 Å². The minimum absolute atomic E-state index is 0.0156. The van der Waals surface area contributed by atoms with Crippen LogP contribution in [-0.2, 0) is 6.54 Å². The Bertz CT molecular complexity index is 1370. The first kappa shape index (κ1) is 32.6. The molecule has 0 aliphatic carbocycles. The molecule has 10 nitrogen and oxygen atoms in total. The standard InChI is InChI=1S/C35H50N6O4/c1-43-31-13-7-6-12-30(31)39-24-20-37(21-25-39)18-10-4-3-5-11-19-41-35(42)17-16-34(36-41)40-26-22-38(23-27-40)28-29-45-33-15-9-8-14-32(33)44-2/h6-9,12-17H,3-5,10-11,18-29H2,1-2H3. The normalized spacial score (nSPS) is 16.1. The van der Waals surface area contributed by atoms with Crippen molar-refractivity contribution in [1.29, 1.82) is 0 Å². The van der Waals surface area contributed by atoms with Crippen molar-refractivity contribution in [3.05, 3.63) is 71.0 Å². The van der Waals surface area contributed by atoms with Crippen LogP contribution in [0.3, 0.4) is 0 Å². The molecule has 2 aliphatic heterocycles. The van der Waals surface area contributed by atoms with Gasteiger partial charge in [0.05, 0.1) is 19.9 Å². The predicted octanol–water partition coefficient (Wildman–Crippen LogP) is 4.23. The lowest BCUT2D eigenvalue weighted by atomic mass is 10.1. The zero-order valence-corrected chi connectivity index (χ0v) is 27.1. The summed E-state index contributed by atoms with van der Waals surface area (Å²) in [6.45, 7) is 11.2. The summed E-state index contributed by atoms with van der Waals surface area (Å²) < 4.78 is 18.5. The molecule has 0 amide bonds. The molecule has 2 fully saturated rings. The van der Waals surface area contributed by atoms with Gasteiger partial charge in [-0.3, -0.25) is 14.6 Å². The first-order chi connectivity index (χ1) is 22.1. The topological polar surface area (TPSA) is 75.5 Å². The van der Waals surface area contributed by atoms with Crippen molar-refractivity contribution in [3.8, 4) is 17.2 Å². The summed E-state index contributed by atoms with van der Waals surface area (Å²) in [6, 6.07) is 19.6. The molecule has 0 bridgehead atoms. The van der Waals surface area contributed by atoms with Gasteiger partial charge in [-0.15, -0.1) is 0 Å². The number of hydrogen-bond donors (Lipinski definition) is 0. The van der Waals surface area contributed by atoms with Crippen molar-refractivity contribution in [1.82, 2.24) is 19.6 Å². The Kier molecular flexibility index (Phi) is 12.4. The van der Waals surface area contributed by atoms with Crippen molar-refractivity contribution in [3.63, 3.8) is 0 Å². The first-order valence-electron chi connectivity index (χ1n) is 16.6. The monoisotopic (exact) mass is 618 g/mol. The van der Waals surface area contributed by atoms with E-state index in [0.717, 1.165) is 101 Å². The number of nitrogens with zero attached hydrogens (tertiary/aromatic N) is 6. The maximum absolute atomic E-state index is 12.5. The van der Waals surface area contributed by atoms with Crippen LogP contribution in [0.5, 0.6) is 17.2 Å². The third kappa shape index (κ3) is 9.37. The van der Waals surface area contributed by atoms with Crippen molar-refractivity contribution in [2.75, 3.05) is 96.1 Å². The van der Waals surface area contributed by atoms with Crippen molar-refractivity contribution >= 4 is 11.5 Å². The number of ether oxygens (including phenoxy) is 3. The van der Waals surface area contributed by atoms with Gasteiger partial charge in [0, 0.05) is 71.5 Å². The van der Waals surface area contributed by atoms with E-state index in [9.17, 15) is 4.79 Å². The van der Waals surface area contributed by atoms with Crippen LogP contribution in [0.4, 0.5) is 11.5 Å². The lowest BCUT2D eigenvalue weighted by molar-refractivity contribution is 0.196. The van der Waals surface area contributed by atoms with E-state index in [1.807, 2.05) is 42.5 Å². The van der Waals surface area contributed by atoms with Gasteiger partial charge in [0.25, 0.3) is 5.56 Å². The van der Waals surface area contributed by atoms with Crippen LogP contribution in [0.2, 0.25) is 0 Å². The zero-order chi connectivity index (χ0) is 31.3. The average molecular weight is 619 g/mol. The fourth-order valence-electron chi connectivity index (χ4n) is 6.22. The van der Waals surface area contributed by atoms with Gasteiger partial charge in [-0.2, -0.15) is 5.10 Å². The molecule has 0 N–H and O–H groups in total. The van der Waals surface area contributed by atoms with Gasteiger partial charge in [0.1, 0.15) is 18.2 Å². The Labute approximate surface area is 268 Å². The van der Waals surface area contributed by atoms with Gasteiger partial charge in [0.15, 0.2) is 11.5 Å². The summed E-state index contributed by atoms with van der Waals surface area (Å²) in [5.41, 5.74) is 1.18. The Morgan fingerprint density at radius 1 is 0.600 bits per heavy atom. The van der Waals surface area contributed by atoms with E-state index in [1.165, 1.54) is 24.9 Å². The van der Waals surface area contributed by atoms with Crippen LogP contribution >= 0.6 is 0 Å². The maximum Gasteiger partial charge on any atom is 0.266 e. The number of para-hydroxylation sites is 4. The summed E-state index contributed by atoms with van der Waals surface area (Å²) in [5.74, 6) is 3.39. The van der Waals surface area contributed by atoms with Crippen molar-refractivity contribution in [2.45, 2.75) is 38.6 Å². The second-order valence-corrected chi connectivity index (χ2v) is 11.8. The number of aromatic nitrogens is 2. The molecule has 2 saturated heterocycles. The molecule has 2 aliphatic rings. The summed E-state index contributed by atoms with van der Waals surface area (Å²) in [7, 11) is 3.41. The third-order valence-corrected chi connectivity index (χ3v) is 8.93. The summed E-state index contributed by atoms with van der Waals surface area (Å²) in [4.78, 5) is 22.2.